The van der Waals surface area contributed by atoms with Crippen molar-refractivity contribution < 1.29 is 4.74 Å². The summed E-state index contributed by atoms with van der Waals surface area (Å²) >= 11 is 0. The van der Waals surface area contributed by atoms with Crippen molar-refractivity contribution in [3.63, 3.8) is 0 Å². The molecule has 1 N–H and O–H groups in total. The summed E-state index contributed by atoms with van der Waals surface area (Å²) in [5.41, 5.74) is 4.30. The van der Waals surface area contributed by atoms with Gasteiger partial charge >= 0.3 is 0 Å². The van der Waals surface area contributed by atoms with Crippen molar-refractivity contribution in [3.05, 3.63) is 65.7 Å². The first kappa shape index (κ1) is 19.3. The molecular weight excluding hydrogens is 362 g/mol. The average molecular weight is 390 g/mol. The minimum atomic E-state index is -0.222. The second kappa shape index (κ2) is 8.17. The Morgan fingerprint density at radius 1 is 0.966 bits per heavy atom. The van der Waals surface area contributed by atoms with Gasteiger partial charge < -0.3 is 10.1 Å². The van der Waals surface area contributed by atoms with Gasteiger partial charge in [-0.1, -0.05) is 56.3 Å². The number of ether oxygens (including phenoxy) is 1. The molecule has 6 nitrogen and oxygen atoms in total. The standard InChI is InChI=1S/C21H21N5O.C2H6/c1-26-24-20(23-25-26)16-8-6-15(7-9-16)18-14-21(10-12-22-13-11-21)27-19-5-3-2-4-17(18)19;1-2/h2-9,14,22H,10-13H2,1H3;1-2H3. The van der Waals surface area contributed by atoms with Crippen LogP contribution in [0.4, 0.5) is 0 Å². The summed E-state index contributed by atoms with van der Waals surface area (Å²) < 4.78 is 6.46. The van der Waals surface area contributed by atoms with Gasteiger partial charge in [0.2, 0.25) is 5.82 Å². The molecule has 1 spiro atoms. The zero-order chi connectivity index (χ0) is 20.3. The van der Waals surface area contributed by atoms with Crippen molar-refractivity contribution in [1.82, 2.24) is 25.5 Å². The first-order chi connectivity index (χ1) is 14.2. The smallest absolute Gasteiger partial charge is 0.204 e. The predicted octanol–water partition coefficient (Wildman–Crippen LogP) is 3.85. The van der Waals surface area contributed by atoms with Gasteiger partial charge in [-0.05, 0) is 41.6 Å². The van der Waals surface area contributed by atoms with Gasteiger partial charge in [-0.15, -0.1) is 10.2 Å². The fraction of sp³-hybridized carbons (Fsp3) is 0.348. The molecule has 2 aliphatic heterocycles. The molecule has 0 bridgehead atoms. The average Bonchev–Trinajstić information content (AvgIpc) is 3.21. The van der Waals surface area contributed by atoms with Crippen molar-refractivity contribution in [2.75, 3.05) is 13.1 Å². The first-order valence-electron chi connectivity index (χ1n) is 10.3. The lowest BCUT2D eigenvalue weighted by molar-refractivity contribution is 0.0817. The zero-order valence-corrected chi connectivity index (χ0v) is 17.2. The van der Waals surface area contributed by atoms with Crippen molar-refractivity contribution in [3.8, 4) is 17.1 Å². The third-order valence-electron chi connectivity index (χ3n) is 5.31. The van der Waals surface area contributed by atoms with Gasteiger partial charge in [0.25, 0.3) is 0 Å². The van der Waals surface area contributed by atoms with Crippen LogP contribution in [-0.4, -0.2) is 38.9 Å². The Labute approximate surface area is 171 Å². The van der Waals surface area contributed by atoms with E-state index in [1.807, 2.05) is 19.9 Å². The summed E-state index contributed by atoms with van der Waals surface area (Å²) in [5, 5.41) is 15.7. The van der Waals surface area contributed by atoms with Crippen molar-refractivity contribution in [2.45, 2.75) is 32.3 Å². The van der Waals surface area contributed by atoms with Gasteiger partial charge in [0.05, 0.1) is 7.05 Å². The summed E-state index contributed by atoms with van der Waals surface area (Å²) in [4.78, 5) is 1.47. The largest absolute Gasteiger partial charge is 0.482 e. The number of nitrogens with one attached hydrogen (secondary N) is 1. The molecule has 5 rings (SSSR count). The molecule has 1 aromatic heterocycles. The summed E-state index contributed by atoms with van der Waals surface area (Å²) in [5.74, 6) is 1.61. The molecule has 0 radical (unpaired) electrons. The fourth-order valence-corrected chi connectivity index (χ4v) is 3.90. The molecule has 2 aromatic carbocycles. The molecule has 3 heterocycles. The maximum atomic E-state index is 6.46. The van der Waals surface area contributed by atoms with E-state index < -0.39 is 0 Å². The van der Waals surface area contributed by atoms with Crippen LogP contribution in [-0.2, 0) is 7.05 Å². The van der Waals surface area contributed by atoms with E-state index in [0.29, 0.717) is 5.82 Å². The lowest BCUT2D eigenvalue weighted by atomic mass is 9.83. The van der Waals surface area contributed by atoms with Crippen LogP contribution >= 0.6 is 0 Å². The monoisotopic (exact) mass is 389 g/mol. The fourth-order valence-electron chi connectivity index (χ4n) is 3.90. The SMILES string of the molecule is CC.Cn1nnc(-c2ccc(C3=CC4(CCNCC4)Oc4ccccc43)cc2)n1. The zero-order valence-electron chi connectivity index (χ0n) is 17.2. The molecular formula is C23H27N5O. The summed E-state index contributed by atoms with van der Waals surface area (Å²) in [6.45, 7) is 5.95. The number of piperidine rings is 1. The van der Waals surface area contributed by atoms with Gasteiger partial charge in [0, 0.05) is 24.0 Å². The number of tetrazole rings is 1. The first-order valence-corrected chi connectivity index (χ1v) is 10.3. The summed E-state index contributed by atoms with van der Waals surface area (Å²) in [7, 11) is 1.77. The third kappa shape index (κ3) is 3.80. The van der Waals surface area contributed by atoms with Gasteiger partial charge in [-0.25, -0.2) is 0 Å². The molecule has 0 atom stereocenters. The number of aryl methyl sites for hydroxylation is 1. The van der Waals surface area contributed by atoms with Gasteiger partial charge in [-0.2, -0.15) is 4.80 Å². The van der Waals surface area contributed by atoms with Crippen LogP contribution in [0.3, 0.4) is 0 Å². The molecule has 2 aliphatic rings. The normalized spacial score (nSPS) is 16.9. The van der Waals surface area contributed by atoms with Crippen molar-refractivity contribution in [2.24, 2.45) is 7.05 Å². The minimum Gasteiger partial charge on any atom is -0.482 e. The Morgan fingerprint density at radius 2 is 1.66 bits per heavy atom. The van der Waals surface area contributed by atoms with Gasteiger partial charge in [0.15, 0.2) is 0 Å². The van der Waals surface area contributed by atoms with E-state index in [0.717, 1.165) is 42.8 Å². The Kier molecular flexibility index (Phi) is 5.45. The Hall–Kier alpha value is -2.99. The lowest BCUT2D eigenvalue weighted by Crippen LogP contribution is -2.46. The number of nitrogens with zero attached hydrogens (tertiary/aromatic N) is 4. The molecule has 6 heteroatoms. The summed E-state index contributed by atoms with van der Waals surface area (Å²) in [6.07, 6.45) is 4.28. The number of benzene rings is 2. The molecule has 0 saturated carbocycles. The summed E-state index contributed by atoms with van der Waals surface area (Å²) in [6, 6.07) is 16.7. The topological polar surface area (TPSA) is 64.9 Å². The van der Waals surface area contributed by atoms with Crippen molar-refractivity contribution >= 4 is 5.57 Å². The Balaban J connectivity index is 0.000000994. The Morgan fingerprint density at radius 3 is 2.34 bits per heavy atom. The maximum absolute atomic E-state index is 6.46. The highest BCUT2D eigenvalue weighted by molar-refractivity contribution is 5.85. The van der Waals surface area contributed by atoms with Crippen LogP contribution in [0.1, 0.15) is 37.8 Å². The molecule has 0 amide bonds. The van der Waals surface area contributed by atoms with Crippen LogP contribution in [0, 0.1) is 0 Å². The highest BCUT2D eigenvalue weighted by atomic mass is 16.5. The lowest BCUT2D eigenvalue weighted by Gasteiger charge is -2.40. The second-order valence-corrected chi connectivity index (χ2v) is 7.15. The van der Waals surface area contributed by atoms with Crippen molar-refractivity contribution in [1.29, 1.82) is 0 Å². The Bertz CT molecular complexity index is 1000. The van der Waals surface area contributed by atoms with Crippen LogP contribution in [0.15, 0.2) is 54.6 Å². The van der Waals surface area contributed by atoms with E-state index in [1.165, 1.54) is 15.9 Å². The van der Waals surface area contributed by atoms with Gasteiger partial charge in [0.1, 0.15) is 11.4 Å². The molecule has 150 valence electrons. The number of fused-ring (bicyclic) bond motifs is 1. The predicted molar refractivity (Wildman–Crippen MR) is 115 cm³/mol. The molecule has 0 aliphatic carbocycles. The minimum absolute atomic E-state index is 0.222. The second-order valence-electron chi connectivity index (χ2n) is 7.15. The molecule has 0 unspecified atom stereocenters. The van der Waals surface area contributed by atoms with E-state index in [2.05, 4.69) is 69.3 Å². The third-order valence-corrected chi connectivity index (χ3v) is 5.31. The van der Waals surface area contributed by atoms with E-state index in [1.54, 1.807) is 7.05 Å². The quantitative estimate of drug-likeness (QED) is 0.721. The number of hydrogen-bond donors (Lipinski definition) is 1. The number of aromatic nitrogens is 4. The number of rotatable bonds is 2. The van der Waals surface area contributed by atoms with Crippen LogP contribution in [0.25, 0.3) is 17.0 Å². The van der Waals surface area contributed by atoms with E-state index in [4.69, 9.17) is 4.74 Å². The molecule has 29 heavy (non-hydrogen) atoms. The van der Waals surface area contributed by atoms with E-state index >= 15 is 0 Å². The highest BCUT2D eigenvalue weighted by Gasteiger charge is 2.36. The maximum Gasteiger partial charge on any atom is 0.204 e. The van der Waals surface area contributed by atoms with E-state index in [-0.39, 0.29) is 5.60 Å². The number of hydrogen-bond acceptors (Lipinski definition) is 5. The van der Waals surface area contributed by atoms with Crippen LogP contribution in [0.5, 0.6) is 5.75 Å². The van der Waals surface area contributed by atoms with Gasteiger partial charge in [-0.3, -0.25) is 0 Å². The van der Waals surface area contributed by atoms with Crippen LogP contribution < -0.4 is 10.1 Å². The number of para-hydroxylation sites is 1. The van der Waals surface area contributed by atoms with E-state index in [9.17, 15) is 0 Å². The molecule has 3 aromatic rings. The van der Waals surface area contributed by atoms with Crippen LogP contribution in [0.2, 0.25) is 0 Å². The highest BCUT2D eigenvalue weighted by Crippen LogP contribution is 2.42. The molecule has 1 saturated heterocycles. The molecule has 1 fully saturated rings.